The molecule has 0 radical (unpaired) electrons. The van der Waals surface area contributed by atoms with Gasteiger partial charge in [-0.2, -0.15) is 0 Å². The summed E-state index contributed by atoms with van der Waals surface area (Å²) in [5.41, 5.74) is 0.887. The van der Waals surface area contributed by atoms with E-state index in [1.807, 2.05) is 29.6 Å². The number of hydrogen-bond acceptors (Lipinski definition) is 6. The predicted octanol–water partition coefficient (Wildman–Crippen LogP) is 3.20. The van der Waals surface area contributed by atoms with Crippen LogP contribution in [0.5, 0.6) is 0 Å². The van der Waals surface area contributed by atoms with Crippen molar-refractivity contribution in [2.24, 2.45) is 0 Å². The molecule has 0 unspecified atom stereocenters. The number of ketones is 2. The van der Waals surface area contributed by atoms with Gasteiger partial charge < -0.3 is 10.2 Å². The number of aliphatic hydroxyl groups is 2. The largest absolute Gasteiger partial charge is 0.353 e. The molecule has 0 atom stereocenters. The zero-order valence-corrected chi connectivity index (χ0v) is 13.3. The Hall–Kier alpha value is -2.12. The van der Waals surface area contributed by atoms with Gasteiger partial charge in [-0.15, -0.1) is 22.7 Å². The first-order valence-corrected chi connectivity index (χ1v) is 8.50. The van der Waals surface area contributed by atoms with Crippen molar-refractivity contribution in [3.63, 3.8) is 0 Å². The van der Waals surface area contributed by atoms with Crippen LogP contribution in [-0.2, 0) is 0 Å². The fourth-order valence-corrected chi connectivity index (χ4v) is 4.44. The van der Waals surface area contributed by atoms with Crippen LogP contribution in [0.3, 0.4) is 0 Å². The van der Waals surface area contributed by atoms with E-state index in [-0.39, 0.29) is 11.1 Å². The van der Waals surface area contributed by atoms with Crippen LogP contribution in [0, 0.1) is 0 Å². The number of fused-ring (bicyclic) bond motifs is 1. The SMILES string of the molecule is O=C1c2ccc(-c3ccc(-c4cccs4)s3)cc2C(=O)C1(O)O. The van der Waals surface area contributed by atoms with Crippen molar-refractivity contribution < 1.29 is 19.8 Å². The number of benzene rings is 1. The number of carbonyl (C=O) groups excluding carboxylic acids is 2. The molecular weight excluding hydrogens is 332 g/mol. The second-order valence-corrected chi connectivity index (χ2v) is 7.26. The van der Waals surface area contributed by atoms with Crippen molar-refractivity contribution in [3.8, 4) is 20.2 Å². The molecule has 2 N–H and O–H groups in total. The topological polar surface area (TPSA) is 74.6 Å². The highest BCUT2D eigenvalue weighted by Crippen LogP contribution is 2.38. The van der Waals surface area contributed by atoms with Crippen molar-refractivity contribution in [3.05, 3.63) is 59.0 Å². The van der Waals surface area contributed by atoms with E-state index in [1.165, 1.54) is 10.9 Å². The van der Waals surface area contributed by atoms with Gasteiger partial charge in [-0.1, -0.05) is 12.1 Å². The summed E-state index contributed by atoms with van der Waals surface area (Å²) in [4.78, 5) is 27.0. The minimum Gasteiger partial charge on any atom is -0.353 e. The van der Waals surface area contributed by atoms with Crippen molar-refractivity contribution in [1.82, 2.24) is 0 Å². The van der Waals surface area contributed by atoms with Gasteiger partial charge in [-0.05, 0) is 41.3 Å². The maximum absolute atomic E-state index is 12.0. The Bertz CT molecular complexity index is 935. The van der Waals surface area contributed by atoms with E-state index < -0.39 is 17.4 Å². The molecule has 0 bridgehead atoms. The molecule has 1 aliphatic carbocycles. The molecule has 0 amide bonds. The molecule has 6 heteroatoms. The van der Waals surface area contributed by atoms with Gasteiger partial charge in [0.15, 0.2) is 0 Å². The van der Waals surface area contributed by atoms with Gasteiger partial charge in [0.2, 0.25) is 11.6 Å². The summed E-state index contributed by atoms with van der Waals surface area (Å²) in [7, 11) is 0. The average Bonchev–Trinajstić information content (AvgIpc) is 3.25. The second kappa shape index (κ2) is 4.94. The Balaban J connectivity index is 1.77. The van der Waals surface area contributed by atoms with Crippen LogP contribution < -0.4 is 0 Å². The molecule has 0 aliphatic heterocycles. The highest BCUT2D eigenvalue weighted by molar-refractivity contribution is 7.23. The third-order valence-electron chi connectivity index (χ3n) is 3.80. The minimum absolute atomic E-state index is 0.0544. The fraction of sp³-hybridized carbons (Fsp3) is 0.0588. The van der Waals surface area contributed by atoms with Crippen LogP contribution in [0.4, 0.5) is 0 Å². The zero-order valence-electron chi connectivity index (χ0n) is 11.6. The van der Waals surface area contributed by atoms with Crippen LogP contribution in [-0.4, -0.2) is 27.6 Å². The van der Waals surface area contributed by atoms with Crippen LogP contribution in [0.2, 0.25) is 0 Å². The molecule has 0 fully saturated rings. The van der Waals surface area contributed by atoms with E-state index >= 15 is 0 Å². The van der Waals surface area contributed by atoms with E-state index in [0.717, 1.165) is 15.3 Å². The number of carbonyl (C=O) groups is 2. The smallest absolute Gasteiger partial charge is 0.295 e. The summed E-state index contributed by atoms with van der Waals surface area (Å²) in [6.45, 7) is 0. The normalized spacial score (nSPS) is 15.9. The lowest BCUT2D eigenvalue weighted by Gasteiger charge is -2.08. The maximum atomic E-state index is 12.0. The number of Topliss-reactive ketones (excluding diaryl/α,β-unsaturated/α-hetero) is 2. The first kappa shape index (κ1) is 14.5. The Morgan fingerprint density at radius 1 is 0.826 bits per heavy atom. The van der Waals surface area contributed by atoms with Crippen molar-refractivity contribution in [1.29, 1.82) is 0 Å². The monoisotopic (exact) mass is 342 g/mol. The molecule has 0 saturated carbocycles. The number of thiophene rings is 2. The van der Waals surface area contributed by atoms with E-state index in [2.05, 4.69) is 0 Å². The molecule has 3 aromatic rings. The minimum atomic E-state index is -2.93. The lowest BCUT2D eigenvalue weighted by molar-refractivity contribution is -0.0857. The van der Waals surface area contributed by atoms with Gasteiger partial charge in [-0.3, -0.25) is 9.59 Å². The molecule has 1 aliphatic rings. The Kier molecular flexibility index (Phi) is 3.11. The third-order valence-corrected chi connectivity index (χ3v) is 6.00. The quantitative estimate of drug-likeness (QED) is 0.554. The fourth-order valence-electron chi connectivity index (χ4n) is 2.61. The van der Waals surface area contributed by atoms with Crippen molar-refractivity contribution >= 4 is 34.2 Å². The molecule has 0 spiro atoms. The van der Waals surface area contributed by atoms with Crippen LogP contribution >= 0.6 is 22.7 Å². The van der Waals surface area contributed by atoms with Crippen molar-refractivity contribution in [2.75, 3.05) is 0 Å². The molecule has 4 rings (SSSR count). The van der Waals surface area contributed by atoms with Gasteiger partial charge in [0.1, 0.15) is 0 Å². The van der Waals surface area contributed by atoms with Crippen LogP contribution in [0.1, 0.15) is 20.7 Å². The van der Waals surface area contributed by atoms with Gasteiger partial charge in [0, 0.05) is 25.8 Å². The van der Waals surface area contributed by atoms with Crippen LogP contribution in [0.15, 0.2) is 47.8 Å². The van der Waals surface area contributed by atoms with Crippen molar-refractivity contribution in [2.45, 2.75) is 5.79 Å². The maximum Gasteiger partial charge on any atom is 0.295 e. The summed E-state index contributed by atoms with van der Waals surface area (Å²) < 4.78 is 0. The molecule has 0 saturated heterocycles. The standard InChI is InChI=1S/C17H10O4S2/c18-15-10-4-3-9(8-11(10)16(19)17(15,20)21)12-5-6-14(23-12)13-2-1-7-22-13/h1-8,20-21H. The molecular formula is C17H10O4S2. The molecule has 1 aromatic carbocycles. The van der Waals surface area contributed by atoms with Gasteiger partial charge in [-0.25, -0.2) is 0 Å². The molecule has 2 aromatic heterocycles. The van der Waals surface area contributed by atoms with Gasteiger partial charge >= 0.3 is 0 Å². The number of rotatable bonds is 2. The molecule has 114 valence electrons. The summed E-state index contributed by atoms with van der Waals surface area (Å²) in [6.07, 6.45) is 0. The molecule has 2 heterocycles. The first-order chi connectivity index (χ1) is 11.0. The summed E-state index contributed by atoms with van der Waals surface area (Å²) in [5, 5.41) is 21.2. The van der Waals surface area contributed by atoms with Crippen LogP contribution in [0.25, 0.3) is 20.2 Å². The van der Waals surface area contributed by atoms with Gasteiger partial charge in [0.05, 0.1) is 0 Å². The van der Waals surface area contributed by atoms with E-state index in [1.54, 1.807) is 34.8 Å². The van der Waals surface area contributed by atoms with E-state index in [9.17, 15) is 19.8 Å². The molecule has 4 nitrogen and oxygen atoms in total. The number of hydrogen-bond donors (Lipinski definition) is 2. The summed E-state index contributed by atoms with van der Waals surface area (Å²) in [5.74, 6) is -4.86. The summed E-state index contributed by atoms with van der Waals surface area (Å²) in [6, 6.07) is 12.7. The Labute approximate surface area is 139 Å². The van der Waals surface area contributed by atoms with Gasteiger partial charge in [0.25, 0.3) is 5.79 Å². The highest BCUT2D eigenvalue weighted by Gasteiger charge is 2.50. The first-order valence-electron chi connectivity index (χ1n) is 6.81. The molecule has 23 heavy (non-hydrogen) atoms. The Morgan fingerprint density at radius 3 is 2.30 bits per heavy atom. The Morgan fingerprint density at radius 2 is 1.57 bits per heavy atom. The predicted molar refractivity (Wildman–Crippen MR) is 88.9 cm³/mol. The highest BCUT2D eigenvalue weighted by atomic mass is 32.1. The van der Waals surface area contributed by atoms with E-state index in [0.29, 0.717) is 0 Å². The lowest BCUT2D eigenvalue weighted by Crippen LogP contribution is -2.40. The second-order valence-electron chi connectivity index (χ2n) is 5.23. The summed E-state index contributed by atoms with van der Waals surface area (Å²) >= 11 is 3.23. The lowest BCUT2D eigenvalue weighted by atomic mass is 10.0. The average molecular weight is 342 g/mol. The van der Waals surface area contributed by atoms with E-state index in [4.69, 9.17) is 0 Å². The third kappa shape index (κ3) is 2.11. The zero-order chi connectivity index (χ0) is 16.2.